The van der Waals surface area contributed by atoms with Crippen molar-refractivity contribution in [2.24, 2.45) is 5.92 Å². The molecule has 1 aromatic carbocycles. The molecule has 1 aromatic rings. The molecule has 0 aliphatic rings. The van der Waals surface area contributed by atoms with Crippen molar-refractivity contribution in [2.45, 2.75) is 39.0 Å². The Kier molecular flexibility index (Phi) is 8.02. The summed E-state index contributed by atoms with van der Waals surface area (Å²) in [5.41, 5.74) is 0.963. The summed E-state index contributed by atoms with van der Waals surface area (Å²) in [4.78, 5) is 24.7. The second-order valence-corrected chi connectivity index (χ2v) is 6.04. The molecule has 22 heavy (non-hydrogen) atoms. The zero-order valence-electron chi connectivity index (χ0n) is 13.7. The van der Waals surface area contributed by atoms with Gasteiger partial charge in [0.1, 0.15) is 0 Å². The minimum absolute atomic E-state index is 0.327. The third kappa shape index (κ3) is 5.37. The maximum atomic E-state index is 12.0. The summed E-state index contributed by atoms with van der Waals surface area (Å²) in [7, 11) is 0. The predicted molar refractivity (Wildman–Crippen MR) is 88.5 cm³/mol. The highest BCUT2D eigenvalue weighted by Crippen LogP contribution is 2.28. The van der Waals surface area contributed by atoms with Gasteiger partial charge in [-0.3, -0.25) is 0 Å². The lowest BCUT2D eigenvalue weighted by molar-refractivity contribution is 0.0508. The molecule has 0 aromatic heterocycles. The molecule has 0 bridgehead atoms. The summed E-state index contributed by atoms with van der Waals surface area (Å²) in [5, 5.41) is 0. The molecule has 0 radical (unpaired) electrons. The van der Waals surface area contributed by atoms with Crippen LogP contribution >= 0.6 is 11.8 Å². The van der Waals surface area contributed by atoms with Crippen LogP contribution in [0.5, 0.6) is 0 Å². The normalized spacial score (nSPS) is 11.8. The van der Waals surface area contributed by atoms with Crippen LogP contribution in [-0.4, -0.2) is 30.9 Å². The molecular formula is C17H24O4S. The third-order valence-electron chi connectivity index (χ3n) is 3.21. The Bertz CT molecular complexity index is 513. The fraction of sp³-hybridized carbons (Fsp3) is 0.529. The van der Waals surface area contributed by atoms with Gasteiger partial charge < -0.3 is 9.47 Å². The van der Waals surface area contributed by atoms with Crippen molar-refractivity contribution in [3.63, 3.8) is 0 Å². The largest absolute Gasteiger partial charge is 0.462 e. The molecule has 1 atom stereocenters. The van der Waals surface area contributed by atoms with Crippen LogP contribution in [0.4, 0.5) is 0 Å². The lowest BCUT2D eigenvalue weighted by Gasteiger charge is -2.12. The highest BCUT2D eigenvalue weighted by Gasteiger charge is 2.17. The van der Waals surface area contributed by atoms with Crippen molar-refractivity contribution < 1.29 is 19.1 Å². The van der Waals surface area contributed by atoms with Gasteiger partial charge in [0.2, 0.25) is 0 Å². The molecule has 0 spiro atoms. The number of carbonyl (C=O) groups excluding carboxylic acids is 2. The molecule has 0 fully saturated rings. The molecule has 0 saturated heterocycles. The van der Waals surface area contributed by atoms with Crippen LogP contribution in [0.2, 0.25) is 0 Å². The molecule has 0 N–H and O–H groups in total. The number of hydrogen-bond donors (Lipinski definition) is 0. The third-order valence-corrected chi connectivity index (χ3v) is 4.59. The fourth-order valence-electron chi connectivity index (χ4n) is 1.71. The number of ether oxygens (including phenoxy) is 2. The van der Waals surface area contributed by atoms with E-state index in [1.165, 1.54) is 0 Å². The van der Waals surface area contributed by atoms with E-state index in [0.29, 0.717) is 30.3 Å². The zero-order chi connectivity index (χ0) is 16.5. The second-order valence-electron chi connectivity index (χ2n) is 4.98. The van der Waals surface area contributed by atoms with E-state index in [2.05, 4.69) is 13.8 Å². The maximum absolute atomic E-state index is 12.0. The molecule has 0 saturated carbocycles. The molecular weight excluding hydrogens is 300 g/mol. The van der Waals surface area contributed by atoms with E-state index < -0.39 is 0 Å². The average molecular weight is 324 g/mol. The topological polar surface area (TPSA) is 52.6 Å². The summed E-state index contributed by atoms with van der Waals surface area (Å²) in [6, 6.07) is 4.97. The monoisotopic (exact) mass is 324 g/mol. The second kappa shape index (κ2) is 9.51. The van der Waals surface area contributed by atoms with Crippen LogP contribution in [-0.2, 0) is 9.47 Å². The van der Waals surface area contributed by atoms with E-state index in [-0.39, 0.29) is 11.9 Å². The Labute approximate surface area is 136 Å². The Balaban J connectivity index is 3.04. The molecule has 5 heteroatoms. The number of rotatable bonds is 8. The fourth-order valence-corrected chi connectivity index (χ4v) is 2.93. The van der Waals surface area contributed by atoms with E-state index in [1.54, 1.807) is 43.8 Å². The van der Waals surface area contributed by atoms with Crippen molar-refractivity contribution in [2.75, 3.05) is 19.0 Å². The summed E-state index contributed by atoms with van der Waals surface area (Å²) < 4.78 is 10.1. The van der Waals surface area contributed by atoms with Gasteiger partial charge in [-0.2, -0.15) is 0 Å². The highest BCUT2D eigenvalue weighted by atomic mass is 32.2. The van der Waals surface area contributed by atoms with Crippen molar-refractivity contribution in [1.82, 2.24) is 0 Å². The first kappa shape index (κ1) is 18.6. The number of benzene rings is 1. The van der Waals surface area contributed by atoms with Crippen molar-refractivity contribution in [1.29, 1.82) is 0 Å². The molecule has 0 amide bonds. The predicted octanol–water partition coefficient (Wildman–Crippen LogP) is 4.18. The van der Waals surface area contributed by atoms with E-state index >= 15 is 0 Å². The maximum Gasteiger partial charge on any atom is 0.339 e. The van der Waals surface area contributed by atoms with E-state index in [0.717, 1.165) is 17.1 Å². The van der Waals surface area contributed by atoms with Crippen LogP contribution in [0.15, 0.2) is 23.1 Å². The van der Waals surface area contributed by atoms with Crippen molar-refractivity contribution in [3.05, 3.63) is 29.3 Å². The molecule has 4 nitrogen and oxygen atoms in total. The molecule has 0 unspecified atom stereocenters. The Hall–Kier alpha value is -1.49. The van der Waals surface area contributed by atoms with E-state index in [1.807, 2.05) is 0 Å². The van der Waals surface area contributed by atoms with Gasteiger partial charge in [0, 0.05) is 10.6 Å². The quantitative estimate of drug-likeness (QED) is 0.530. The number of hydrogen-bond acceptors (Lipinski definition) is 5. The lowest BCUT2D eigenvalue weighted by Crippen LogP contribution is -2.10. The summed E-state index contributed by atoms with van der Waals surface area (Å²) in [6.07, 6.45) is 1.07. The van der Waals surface area contributed by atoms with Gasteiger partial charge >= 0.3 is 11.9 Å². The standard InChI is InChI=1S/C17H24O4S/c1-5-12(4)11-22-15-10-13(16(18)20-6-2)8-9-14(15)17(19)21-7-3/h8-10,12H,5-7,11H2,1-4H3/t12-/m0/s1. The first-order valence-electron chi connectivity index (χ1n) is 7.64. The first-order valence-corrected chi connectivity index (χ1v) is 8.63. The zero-order valence-corrected chi connectivity index (χ0v) is 14.5. The van der Waals surface area contributed by atoms with Crippen molar-refractivity contribution >= 4 is 23.7 Å². The SMILES string of the molecule is CCOC(=O)c1ccc(C(=O)OCC)c(SC[C@@H](C)CC)c1. The minimum Gasteiger partial charge on any atom is -0.462 e. The van der Waals surface area contributed by atoms with Crippen LogP contribution in [0.3, 0.4) is 0 Å². The lowest BCUT2D eigenvalue weighted by atomic mass is 10.1. The van der Waals surface area contributed by atoms with Gasteiger partial charge in [-0.1, -0.05) is 20.3 Å². The van der Waals surface area contributed by atoms with Gasteiger partial charge in [0.05, 0.1) is 24.3 Å². The van der Waals surface area contributed by atoms with Crippen molar-refractivity contribution in [3.8, 4) is 0 Å². The number of esters is 2. The first-order chi connectivity index (χ1) is 10.5. The Morgan fingerprint density at radius 1 is 1.09 bits per heavy atom. The number of thioether (sulfide) groups is 1. The molecule has 122 valence electrons. The van der Waals surface area contributed by atoms with Crippen LogP contribution in [0.25, 0.3) is 0 Å². The summed E-state index contributed by atoms with van der Waals surface area (Å²) >= 11 is 1.57. The minimum atomic E-state index is -0.372. The molecule has 1 rings (SSSR count). The smallest absolute Gasteiger partial charge is 0.339 e. The van der Waals surface area contributed by atoms with Crippen LogP contribution < -0.4 is 0 Å². The highest BCUT2D eigenvalue weighted by molar-refractivity contribution is 7.99. The molecule has 0 aliphatic carbocycles. The van der Waals surface area contributed by atoms with Gasteiger partial charge in [0.25, 0.3) is 0 Å². The average Bonchev–Trinajstić information content (AvgIpc) is 2.52. The number of carbonyl (C=O) groups is 2. The van der Waals surface area contributed by atoms with Crippen LogP contribution in [0, 0.1) is 5.92 Å². The molecule has 0 heterocycles. The Morgan fingerprint density at radius 2 is 1.73 bits per heavy atom. The summed E-state index contributed by atoms with van der Waals surface area (Å²) in [6.45, 7) is 8.49. The van der Waals surface area contributed by atoms with Gasteiger partial charge in [-0.15, -0.1) is 11.8 Å². The Morgan fingerprint density at radius 3 is 2.32 bits per heavy atom. The van der Waals surface area contributed by atoms with Crippen LogP contribution in [0.1, 0.15) is 54.8 Å². The van der Waals surface area contributed by atoms with Gasteiger partial charge in [-0.05, 0) is 38.0 Å². The van der Waals surface area contributed by atoms with E-state index in [9.17, 15) is 9.59 Å². The summed E-state index contributed by atoms with van der Waals surface area (Å²) in [5.74, 6) is 0.689. The molecule has 0 aliphatic heterocycles. The van der Waals surface area contributed by atoms with Gasteiger partial charge in [-0.25, -0.2) is 9.59 Å². The van der Waals surface area contributed by atoms with Gasteiger partial charge in [0.15, 0.2) is 0 Å². The van der Waals surface area contributed by atoms with E-state index in [4.69, 9.17) is 9.47 Å².